The number of carbonyl (C=O) groups excluding carboxylic acids is 2. The summed E-state index contributed by atoms with van der Waals surface area (Å²) in [6, 6.07) is 0. The smallest absolute Gasteiger partial charge is 0.307 e. The average molecular weight is 415 g/mol. The van der Waals surface area contributed by atoms with Crippen LogP contribution in [0.1, 0.15) is 86.5 Å². The lowest BCUT2D eigenvalue weighted by molar-refractivity contribution is -0.145. The molecule has 0 fully saturated rings. The lowest BCUT2D eigenvalue weighted by atomic mass is 9.85. The molecule has 0 saturated carbocycles. The molecule has 0 rings (SSSR count). The second-order valence-electron chi connectivity index (χ2n) is 9.37. The molecule has 0 atom stereocenters. The van der Waals surface area contributed by atoms with Crippen LogP contribution in [0.4, 0.5) is 0 Å². The van der Waals surface area contributed by atoms with E-state index in [1.165, 1.54) is 0 Å². The van der Waals surface area contributed by atoms with Crippen molar-refractivity contribution in [3.05, 3.63) is 0 Å². The fourth-order valence-electron chi connectivity index (χ4n) is 2.81. The maximum absolute atomic E-state index is 11.7. The van der Waals surface area contributed by atoms with E-state index in [0.29, 0.717) is 39.1 Å². The van der Waals surface area contributed by atoms with E-state index in [9.17, 15) is 9.59 Å². The van der Waals surface area contributed by atoms with Crippen molar-refractivity contribution in [1.29, 1.82) is 0 Å². The van der Waals surface area contributed by atoms with Gasteiger partial charge in [-0.15, -0.1) is 0 Å². The molecule has 0 aromatic carbocycles. The standard InChI is InChI=1S/C23H46N2O4/c1-7-11-23(5,6)13-19-29-21(27)10-15-25-17-16-24-14-9-20(26)28-18-12-22(3,4)8-2/h24-25H,7-19H2,1-6H3. The highest BCUT2D eigenvalue weighted by molar-refractivity contribution is 5.69. The molecule has 0 aliphatic rings. The summed E-state index contributed by atoms with van der Waals surface area (Å²) in [6.07, 6.45) is 5.94. The van der Waals surface area contributed by atoms with Gasteiger partial charge in [0.1, 0.15) is 0 Å². The van der Waals surface area contributed by atoms with E-state index >= 15 is 0 Å². The Morgan fingerprint density at radius 3 is 1.55 bits per heavy atom. The van der Waals surface area contributed by atoms with Gasteiger partial charge in [0.2, 0.25) is 0 Å². The SMILES string of the molecule is CCCC(C)(C)CCOC(=O)CCNCCNCCC(=O)OCCC(C)(C)CC. The van der Waals surface area contributed by atoms with Gasteiger partial charge in [-0.1, -0.05) is 54.4 Å². The molecule has 0 aliphatic heterocycles. The topological polar surface area (TPSA) is 76.7 Å². The fraction of sp³-hybridized carbons (Fsp3) is 0.913. The average Bonchev–Trinajstić information content (AvgIpc) is 2.63. The number of carbonyl (C=O) groups is 2. The number of nitrogens with one attached hydrogen (secondary N) is 2. The summed E-state index contributed by atoms with van der Waals surface area (Å²) in [5, 5.41) is 6.41. The van der Waals surface area contributed by atoms with Crippen molar-refractivity contribution in [2.75, 3.05) is 39.4 Å². The van der Waals surface area contributed by atoms with Crippen LogP contribution in [0, 0.1) is 10.8 Å². The van der Waals surface area contributed by atoms with Crippen molar-refractivity contribution in [2.24, 2.45) is 10.8 Å². The number of hydrogen-bond donors (Lipinski definition) is 2. The number of hydrogen-bond acceptors (Lipinski definition) is 6. The van der Waals surface area contributed by atoms with E-state index in [2.05, 4.69) is 52.2 Å². The second kappa shape index (κ2) is 15.7. The molecule has 0 unspecified atom stereocenters. The normalized spacial score (nSPS) is 12.1. The third-order valence-corrected chi connectivity index (χ3v) is 5.46. The first-order chi connectivity index (χ1) is 13.6. The van der Waals surface area contributed by atoms with Gasteiger partial charge in [-0.3, -0.25) is 9.59 Å². The Balaban J connectivity index is 3.50. The summed E-state index contributed by atoms with van der Waals surface area (Å²) in [4.78, 5) is 23.4. The van der Waals surface area contributed by atoms with Crippen molar-refractivity contribution in [2.45, 2.75) is 86.5 Å². The molecule has 0 heterocycles. The van der Waals surface area contributed by atoms with Gasteiger partial charge in [-0.05, 0) is 30.1 Å². The predicted molar refractivity (Wildman–Crippen MR) is 119 cm³/mol. The Bertz CT molecular complexity index is 450. The maximum atomic E-state index is 11.7. The zero-order chi connectivity index (χ0) is 22.2. The summed E-state index contributed by atoms with van der Waals surface area (Å²) in [7, 11) is 0. The Morgan fingerprint density at radius 2 is 1.14 bits per heavy atom. The minimum atomic E-state index is -0.151. The molecule has 0 radical (unpaired) electrons. The summed E-state index contributed by atoms with van der Waals surface area (Å²) in [5.41, 5.74) is 0.458. The third-order valence-electron chi connectivity index (χ3n) is 5.46. The van der Waals surface area contributed by atoms with Crippen LogP contribution in [0.3, 0.4) is 0 Å². The summed E-state index contributed by atoms with van der Waals surface area (Å²) in [5.74, 6) is -0.297. The number of esters is 2. The van der Waals surface area contributed by atoms with Crippen LogP contribution >= 0.6 is 0 Å². The first kappa shape index (κ1) is 27.9. The van der Waals surface area contributed by atoms with Crippen molar-refractivity contribution in [1.82, 2.24) is 10.6 Å². The molecule has 0 amide bonds. The first-order valence-corrected chi connectivity index (χ1v) is 11.3. The van der Waals surface area contributed by atoms with E-state index in [-0.39, 0.29) is 22.8 Å². The molecule has 6 heteroatoms. The molecule has 0 saturated heterocycles. The van der Waals surface area contributed by atoms with Gasteiger partial charge in [0.15, 0.2) is 0 Å². The Morgan fingerprint density at radius 1 is 0.690 bits per heavy atom. The molecule has 0 aliphatic carbocycles. The second-order valence-corrected chi connectivity index (χ2v) is 9.37. The molecule has 172 valence electrons. The zero-order valence-corrected chi connectivity index (χ0v) is 19.8. The maximum Gasteiger partial charge on any atom is 0.307 e. The van der Waals surface area contributed by atoms with Gasteiger partial charge in [0, 0.05) is 26.2 Å². The Hall–Kier alpha value is -1.14. The van der Waals surface area contributed by atoms with Crippen LogP contribution in [0.5, 0.6) is 0 Å². The van der Waals surface area contributed by atoms with Crippen molar-refractivity contribution in [3.8, 4) is 0 Å². The van der Waals surface area contributed by atoms with Crippen LogP contribution in [0.15, 0.2) is 0 Å². The predicted octanol–water partition coefficient (Wildman–Crippen LogP) is 4.07. The molecule has 0 aromatic heterocycles. The number of ether oxygens (including phenoxy) is 2. The first-order valence-electron chi connectivity index (χ1n) is 11.3. The minimum Gasteiger partial charge on any atom is -0.466 e. The fourth-order valence-corrected chi connectivity index (χ4v) is 2.81. The lowest BCUT2D eigenvalue weighted by Crippen LogP contribution is -2.30. The van der Waals surface area contributed by atoms with Crippen molar-refractivity contribution < 1.29 is 19.1 Å². The van der Waals surface area contributed by atoms with E-state index in [0.717, 1.165) is 45.2 Å². The van der Waals surface area contributed by atoms with Gasteiger partial charge < -0.3 is 20.1 Å². The van der Waals surface area contributed by atoms with Crippen molar-refractivity contribution >= 4 is 11.9 Å². The van der Waals surface area contributed by atoms with Crippen LogP contribution in [-0.2, 0) is 19.1 Å². The molecular weight excluding hydrogens is 368 g/mol. The van der Waals surface area contributed by atoms with Gasteiger partial charge >= 0.3 is 11.9 Å². The molecule has 0 bridgehead atoms. The highest BCUT2D eigenvalue weighted by Crippen LogP contribution is 2.26. The summed E-state index contributed by atoms with van der Waals surface area (Å²) < 4.78 is 10.6. The quantitative estimate of drug-likeness (QED) is 0.260. The van der Waals surface area contributed by atoms with Gasteiger partial charge in [-0.25, -0.2) is 0 Å². The van der Waals surface area contributed by atoms with E-state index in [4.69, 9.17) is 9.47 Å². The van der Waals surface area contributed by atoms with E-state index in [1.54, 1.807) is 0 Å². The van der Waals surface area contributed by atoms with Crippen molar-refractivity contribution in [3.63, 3.8) is 0 Å². The monoisotopic (exact) mass is 414 g/mol. The Labute approximate surface area is 178 Å². The minimum absolute atomic E-state index is 0.147. The van der Waals surface area contributed by atoms with Crippen LogP contribution in [0.2, 0.25) is 0 Å². The summed E-state index contributed by atoms with van der Waals surface area (Å²) in [6.45, 7) is 16.8. The van der Waals surface area contributed by atoms with Crippen LogP contribution in [-0.4, -0.2) is 51.3 Å². The van der Waals surface area contributed by atoms with Gasteiger partial charge in [-0.2, -0.15) is 0 Å². The zero-order valence-electron chi connectivity index (χ0n) is 19.8. The molecule has 0 spiro atoms. The van der Waals surface area contributed by atoms with Gasteiger partial charge in [0.25, 0.3) is 0 Å². The largest absolute Gasteiger partial charge is 0.466 e. The van der Waals surface area contributed by atoms with E-state index in [1.807, 2.05) is 0 Å². The molecule has 29 heavy (non-hydrogen) atoms. The van der Waals surface area contributed by atoms with E-state index < -0.39 is 0 Å². The van der Waals surface area contributed by atoms with Crippen LogP contribution < -0.4 is 10.6 Å². The summed E-state index contributed by atoms with van der Waals surface area (Å²) >= 11 is 0. The Kier molecular flexibility index (Phi) is 15.1. The molecular formula is C23H46N2O4. The van der Waals surface area contributed by atoms with Gasteiger partial charge in [0.05, 0.1) is 26.1 Å². The highest BCUT2D eigenvalue weighted by Gasteiger charge is 2.17. The molecule has 6 nitrogen and oxygen atoms in total. The lowest BCUT2D eigenvalue weighted by Gasteiger charge is -2.23. The number of rotatable bonds is 18. The third kappa shape index (κ3) is 17.4. The molecule has 2 N–H and O–H groups in total. The van der Waals surface area contributed by atoms with Crippen LogP contribution in [0.25, 0.3) is 0 Å². The molecule has 0 aromatic rings. The highest BCUT2D eigenvalue weighted by atomic mass is 16.5.